The van der Waals surface area contributed by atoms with Gasteiger partial charge in [0.25, 0.3) is 0 Å². The van der Waals surface area contributed by atoms with Gasteiger partial charge in [-0.05, 0) is 5.57 Å². The molecule has 0 saturated carbocycles. The van der Waals surface area contributed by atoms with Crippen LogP contribution in [-0.4, -0.2) is 13.1 Å². The molecule has 0 radical (unpaired) electrons. The Kier molecular flexibility index (Phi) is 1.81. The lowest BCUT2D eigenvalue weighted by Gasteiger charge is -2.18. The monoisotopic (exact) mass is 158 g/mol. The molecule has 0 unspecified atom stereocenters. The molecule has 0 aromatic carbocycles. The molecular weight excluding hydrogens is 152 g/mol. The molecule has 0 saturated heterocycles. The minimum atomic E-state index is -0.350. The van der Waals surface area contributed by atoms with Crippen molar-refractivity contribution in [2.45, 2.75) is 6.42 Å². The number of methoxy groups -OCH3 is 1. The predicted octanol–water partition coefficient (Wildman–Crippen LogP) is 1.61. The Morgan fingerprint density at radius 2 is 2.40 bits per heavy atom. The second kappa shape index (κ2) is 2.46. The van der Waals surface area contributed by atoms with E-state index < -0.39 is 0 Å². The Morgan fingerprint density at radius 3 is 2.70 bits per heavy atom. The van der Waals surface area contributed by atoms with E-state index in [1.165, 1.54) is 7.11 Å². The van der Waals surface area contributed by atoms with Gasteiger partial charge in [0, 0.05) is 6.42 Å². The molecule has 0 aliphatic heterocycles. The zero-order valence-corrected chi connectivity index (χ0v) is 6.36. The number of carbonyl (C=O) groups excluding carboxylic acids is 1. The number of hydrogen-bond acceptors (Lipinski definition) is 2. The zero-order valence-electron chi connectivity index (χ0n) is 5.61. The van der Waals surface area contributed by atoms with Crippen LogP contribution in [0.3, 0.4) is 0 Å². The lowest BCUT2D eigenvalue weighted by Crippen LogP contribution is -2.14. The number of halogens is 1. The molecule has 1 aliphatic rings. The maximum atomic E-state index is 10.7. The van der Waals surface area contributed by atoms with E-state index in [4.69, 9.17) is 11.6 Å². The van der Waals surface area contributed by atoms with Crippen LogP contribution in [0.2, 0.25) is 0 Å². The van der Waals surface area contributed by atoms with Crippen LogP contribution in [-0.2, 0) is 9.53 Å². The number of carbonyl (C=O) groups is 1. The Morgan fingerprint density at radius 1 is 1.80 bits per heavy atom. The maximum absolute atomic E-state index is 10.7. The van der Waals surface area contributed by atoms with E-state index >= 15 is 0 Å². The van der Waals surface area contributed by atoms with Gasteiger partial charge in [-0.1, -0.05) is 18.2 Å². The van der Waals surface area contributed by atoms with E-state index in [2.05, 4.69) is 11.3 Å². The lowest BCUT2D eigenvalue weighted by atomic mass is 9.94. The van der Waals surface area contributed by atoms with Gasteiger partial charge in [-0.2, -0.15) is 0 Å². The summed E-state index contributed by atoms with van der Waals surface area (Å²) in [6.45, 7) is 3.61. The molecule has 1 rings (SSSR count). The summed E-state index contributed by atoms with van der Waals surface area (Å²) in [7, 11) is 1.33. The van der Waals surface area contributed by atoms with Crippen LogP contribution >= 0.6 is 11.6 Å². The molecule has 0 heterocycles. The van der Waals surface area contributed by atoms with E-state index in [0.29, 0.717) is 17.0 Å². The summed E-state index contributed by atoms with van der Waals surface area (Å²) in [5, 5.41) is 0.465. The van der Waals surface area contributed by atoms with E-state index in [0.717, 1.165) is 5.57 Å². The largest absolute Gasteiger partial charge is 0.466 e. The van der Waals surface area contributed by atoms with Gasteiger partial charge in [-0.3, -0.25) is 0 Å². The molecule has 0 fully saturated rings. The van der Waals surface area contributed by atoms with Crippen molar-refractivity contribution in [2.75, 3.05) is 7.11 Å². The van der Waals surface area contributed by atoms with Crippen LogP contribution < -0.4 is 0 Å². The van der Waals surface area contributed by atoms with Crippen LogP contribution in [0, 0.1) is 0 Å². The molecule has 0 atom stereocenters. The summed E-state index contributed by atoms with van der Waals surface area (Å²) in [4.78, 5) is 10.7. The highest BCUT2D eigenvalue weighted by Crippen LogP contribution is 2.35. The van der Waals surface area contributed by atoms with Crippen LogP contribution in [0.4, 0.5) is 0 Å². The smallest absolute Gasteiger partial charge is 0.335 e. The number of esters is 1. The molecule has 2 nitrogen and oxygen atoms in total. The van der Waals surface area contributed by atoms with Gasteiger partial charge in [0.1, 0.15) is 0 Å². The molecule has 3 heteroatoms. The molecule has 0 aromatic rings. The average molecular weight is 159 g/mol. The highest BCUT2D eigenvalue weighted by Gasteiger charge is 2.26. The second-order valence-electron chi connectivity index (χ2n) is 2.06. The molecule has 0 aromatic heterocycles. The molecule has 0 spiro atoms. The van der Waals surface area contributed by atoms with Gasteiger partial charge in [0.05, 0.1) is 17.7 Å². The Labute approximate surface area is 64.1 Å². The third-order valence-electron chi connectivity index (χ3n) is 1.40. The van der Waals surface area contributed by atoms with Gasteiger partial charge in [0.15, 0.2) is 0 Å². The molecular formula is C7H7ClO2. The van der Waals surface area contributed by atoms with E-state index in [-0.39, 0.29) is 5.97 Å². The van der Waals surface area contributed by atoms with Crippen molar-refractivity contribution in [3.05, 3.63) is 22.8 Å². The normalized spacial score (nSPS) is 16.8. The van der Waals surface area contributed by atoms with E-state index in [1.807, 2.05) is 0 Å². The van der Waals surface area contributed by atoms with Crippen LogP contribution in [0.25, 0.3) is 0 Å². The third-order valence-corrected chi connectivity index (χ3v) is 1.89. The van der Waals surface area contributed by atoms with Gasteiger partial charge in [-0.15, -0.1) is 0 Å². The summed E-state index contributed by atoms with van der Waals surface area (Å²) in [6, 6.07) is 0. The molecule has 54 valence electrons. The highest BCUT2D eigenvalue weighted by atomic mass is 35.5. The van der Waals surface area contributed by atoms with Crippen molar-refractivity contribution < 1.29 is 9.53 Å². The third kappa shape index (κ3) is 0.948. The molecule has 1 aliphatic carbocycles. The van der Waals surface area contributed by atoms with Gasteiger partial charge in [-0.25, -0.2) is 4.79 Å². The van der Waals surface area contributed by atoms with E-state index in [1.54, 1.807) is 0 Å². The fourth-order valence-electron chi connectivity index (χ4n) is 0.760. The van der Waals surface area contributed by atoms with Gasteiger partial charge < -0.3 is 4.74 Å². The Hall–Kier alpha value is -0.760. The average Bonchev–Trinajstić information content (AvgIpc) is 1.98. The van der Waals surface area contributed by atoms with Crippen molar-refractivity contribution >= 4 is 17.6 Å². The highest BCUT2D eigenvalue weighted by molar-refractivity contribution is 6.35. The summed E-state index contributed by atoms with van der Waals surface area (Å²) < 4.78 is 4.45. The zero-order chi connectivity index (χ0) is 7.72. The number of rotatable bonds is 1. The number of allylic oxidation sites excluding steroid dienone is 2. The van der Waals surface area contributed by atoms with Crippen LogP contribution in [0.1, 0.15) is 6.42 Å². The lowest BCUT2D eigenvalue weighted by molar-refractivity contribution is -0.136. The van der Waals surface area contributed by atoms with E-state index in [9.17, 15) is 4.79 Å². The van der Waals surface area contributed by atoms with Crippen molar-refractivity contribution in [3.8, 4) is 0 Å². The first-order valence-electron chi connectivity index (χ1n) is 2.82. The van der Waals surface area contributed by atoms with Crippen LogP contribution in [0.15, 0.2) is 22.8 Å². The Balaban J connectivity index is 2.78. The second-order valence-corrected chi connectivity index (χ2v) is 2.44. The predicted molar refractivity (Wildman–Crippen MR) is 38.7 cm³/mol. The first-order chi connectivity index (χ1) is 4.66. The summed E-state index contributed by atoms with van der Waals surface area (Å²) >= 11 is 5.62. The summed E-state index contributed by atoms with van der Waals surface area (Å²) in [5.41, 5.74) is 1.34. The maximum Gasteiger partial charge on any atom is 0.335 e. The van der Waals surface area contributed by atoms with Crippen molar-refractivity contribution in [2.24, 2.45) is 0 Å². The minimum absolute atomic E-state index is 0.350. The standard InChI is InChI=1S/C7H7ClO2/c1-4-3-5(6(4)8)7(9)10-2/h1,3H2,2H3. The van der Waals surface area contributed by atoms with Crippen molar-refractivity contribution in [3.63, 3.8) is 0 Å². The first kappa shape index (κ1) is 7.35. The number of ether oxygens (including phenoxy) is 1. The summed E-state index contributed by atoms with van der Waals surface area (Å²) in [5.74, 6) is -0.350. The summed E-state index contributed by atoms with van der Waals surface area (Å²) in [6.07, 6.45) is 0.561. The molecule has 0 N–H and O–H groups in total. The van der Waals surface area contributed by atoms with Gasteiger partial charge in [0.2, 0.25) is 0 Å². The van der Waals surface area contributed by atoms with Crippen molar-refractivity contribution in [1.82, 2.24) is 0 Å². The topological polar surface area (TPSA) is 26.3 Å². The van der Waals surface area contributed by atoms with Crippen LogP contribution in [0.5, 0.6) is 0 Å². The minimum Gasteiger partial charge on any atom is -0.466 e. The van der Waals surface area contributed by atoms with Crippen molar-refractivity contribution in [1.29, 1.82) is 0 Å². The SMILES string of the molecule is C=C1CC(C(=O)OC)=C1Cl. The fraction of sp³-hybridized carbons (Fsp3) is 0.286. The number of hydrogen-bond donors (Lipinski definition) is 0. The fourth-order valence-corrected chi connectivity index (χ4v) is 0.971. The van der Waals surface area contributed by atoms with Gasteiger partial charge >= 0.3 is 5.97 Å². The molecule has 10 heavy (non-hydrogen) atoms. The Bertz CT molecular complexity index is 228. The first-order valence-corrected chi connectivity index (χ1v) is 3.19. The molecule has 0 amide bonds. The molecule has 0 bridgehead atoms. The quantitative estimate of drug-likeness (QED) is 0.542.